The van der Waals surface area contributed by atoms with E-state index in [9.17, 15) is 9.90 Å². The molecule has 0 aromatic carbocycles. The monoisotopic (exact) mass is 292 g/mol. The first-order valence-corrected chi connectivity index (χ1v) is 9.07. The van der Waals surface area contributed by atoms with Gasteiger partial charge in [-0.3, -0.25) is 4.79 Å². The summed E-state index contributed by atoms with van der Waals surface area (Å²) in [7, 11) is 0. The second kappa shape index (κ2) is 5.28. The quantitative estimate of drug-likeness (QED) is 0.767. The lowest BCUT2D eigenvalue weighted by Crippen LogP contribution is -2.37. The van der Waals surface area contributed by atoms with E-state index in [4.69, 9.17) is 0 Å². The molecule has 3 saturated carbocycles. The van der Waals surface area contributed by atoms with Crippen LogP contribution in [0.25, 0.3) is 0 Å². The van der Waals surface area contributed by atoms with Gasteiger partial charge in [-0.15, -0.1) is 0 Å². The van der Waals surface area contributed by atoms with E-state index in [1.54, 1.807) is 0 Å². The van der Waals surface area contributed by atoms with Crippen LogP contribution in [-0.4, -0.2) is 11.1 Å². The van der Waals surface area contributed by atoms with E-state index < -0.39 is 5.97 Å². The molecule has 21 heavy (non-hydrogen) atoms. The largest absolute Gasteiger partial charge is 0.481 e. The molecule has 0 bridgehead atoms. The van der Waals surface area contributed by atoms with Crippen LogP contribution in [0.4, 0.5) is 0 Å². The smallest absolute Gasteiger partial charge is 0.306 e. The van der Waals surface area contributed by atoms with Crippen molar-refractivity contribution in [2.75, 3.05) is 0 Å². The average molecular weight is 292 g/mol. The molecule has 2 heteroatoms. The van der Waals surface area contributed by atoms with Gasteiger partial charge in [-0.25, -0.2) is 0 Å². The fourth-order valence-corrected chi connectivity index (χ4v) is 6.55. The van der Waals surface area contributed by atoms with Gasteiger partial charge in [0, 0.05) is 0 Å². The van der Waals surface area contributed by atoms with Crippen LogP contribution in [0.2, 0.25) is 0 Å². The van der Waals surface area contributed by atoms with E-state index in [0.29, 0.717) is 10.8 Å². The molecule has 3 aliphatic rings. The van der Waals surface area contributed by atoms with E-state index in [1.165, 1.54) is 32.1 Å². The first kappa shape index (κ1) is 15.4. The Hall–Kier alpha value is -0.530. The van der Waals surface area contributed by atoms with Crippen LogP contribution >= 0.6 is 0 Å². The second-order valence-corrected chi connectivity index (χ2v) is 9.06. The van der Waals surface area contributed by atoms with Crippen LogP contribution < -0.4 is 0 Å². The third-order valence-corrected chi connectivity index (χ3v) is 7.46. The SMILES string of the molecule is CC1(C)CC(C)(C2CCC(C(=O)O)CC2)C2CCCCC21. The molecule has 3 atom stereocenters. The maximum atomic E-state index is 11.2. The van der Waals surface area contributed by atoms with Gasteiger partial charge in [0.1, 0.15) is 0 Å². The molecule has 0 aliphatic heterocycles. The first-order valence-electron chi connectivity index (χ1n) is 9.07. The van der Waals surface area contributed by atoms with Crippen molar-refractivity contribution in [3.05, 3.63) is 0 Å². The zero-order chi connectivity index (χ0) is 15.3. The highest BCUT2D eigenvalue weighted by atomic mass is 16.4. The Morgan fingerprint density at radius 3 is 2.05 bits per heavy atom. The Morgan fingerprint density at radius 2 is 1.48 bits per heavy atom. The molecule has 0 saturated heterocycles. The lowest BCUT2D eigenvalue weighted by atomic mass is 9.60. The molecule has 3 unspecified atom stereocenters. The summed E-state index contributed by atoms with van der Waals surface area (Å²) in [5.74, 6) is 1.93. The van der Waals surface area contributed by atoms with Gasteiger partial charge in [0.2, 0.25) is 0 Å². The van der Waals surface area contributed by atoms with Crippen molar-refractivity contribution in [2.24, 2.45) is 34.5 Å². The van der Waals surface area contributed by atoms with Crippen molar-refractivity contribution >= 4 is 5.97 Å². The van der Waals surface area contributed by atoms with Gasteiger partial charge in [-0.1, -0.05) is 33.6 Å². The lowest BCUT2D eigenvalue weighted by Gasteiger charge is -2.45. The van der Waals surface area contributed by atoms with E-state index in [-0.39, 0.29) is 5.92 Å². The number of rotatable bonds is 2. The molecule has 0 aromatic heterocycles. The summed E-state index contributed by atoms with van der Waals surface area (Å²) in [4.78, 5) is 11.2. The van der Waals surface area contributed by atoms with Crippen molar-refractivity contribution in [1.29, 1.82) is 0 Å². The number of hydrogen-bond donors (Lipinski definition) is 1. The number of hydrogen-bond acceptors (Lipinski definition) is 1. The van der Waals surface area contributed by atoms with Crippen molar-refractivity contribution in [3.8, 4) is 0 Å². The Kier molecular flexibility index (Phi) is 3.86. The predicted octanol–water partition coefficient (Wildman–Crippen LogP) is 5.12. The molecular weight excluding hydrogens is 260 g/mol. The predicted molar refractivity (Wildman–Crippen MR) is 85.0 cm³/mol. The molecule has 3 rings (SSSR count). The third-order valence-electron chi connectivity index (χ3n) is 7.46. The van der Waals surface area contributed by atoms with E-state index in [0.717, 1.165) is 43.4 Å². The fraction of sp³-hybridized carbons (Fsp3) is 0.947. The molecule has 3 fully saturated rings. The van der Waals surface area contributed by atoms with Gasteiger partial charge in [-0.2, -0.15) is 0 Å². The van der Waals surface area contributed by atoms with Crippen molar-refractivity contribution in [1.82, 2.24) is 0 Å². The first-order chi connectivity index (χ1) is 9.84. The van der Waals surface area contributed by atoms with Gasteiger partial charge in [0.05, 0.1) is 5.92 Å². The third kappa shape index (κ3) is 2.53. The van der Waals surface area contributed by atoms with Gasteiger partial charge < -0.3 is 5.11 Å². The number of carbonyl (C=O) groups is 1. The molecule has 0 aromatic rings. The number of carboxylic acids is 1. The zero-order valence-corrected chi connectivity index (χ0v) is 14.0. The van der Waals surface area contributed by atoms with Crippen LogP contribution in [0.1, 0.15) is 78.6 Å². The fourth-order valence-electron chi connectivity index (χ4n) is 6.55. The van der Waals surface area contributed by atoms with Crippen molar-refractivity contribution in [3.63, 3.8) is 0 Å². The Morgan fingerprint density at radius 1 is 0.905 bits per heavy atom. The zero-order valence-electron chi connectivity index (χ0n) is 14.0. The summed E-state index contributed by atoms with van der Waals surface area (Å²) in [6.07, 6.45) is 11.2. The van der Waals surface area contributed by atoms with Gasteiger partial charge in [0.15, 0.2) is 0 Å². The van der Waals surface area contributed by atoms with E-state index in [2.05, 4.69) is 20.8 Å². The van der Waals surface area contributed by atoms with Crippen LogP contribution in [0.15, 0.2) is 0 Å². The molecule has 0 spiro atoms. The maximum absolute atomic E-state index is 11.2. The minimum Gasteiger partial charge on any atom is -0.481 e. The Balaban J connectivity index is 1.76. The molecule has 0 amide bonds. The minimum atomic E-state index is -0.569. The molecule has 1 N–H and O–H groups in total. The highest BCUT2D eigenvalue weighted by molar-refractivity contribution is 5.70. The van der Waals surface area contributed by atoms with Gasteiger partial charge >= 0.3 is 5.97 Å². The molecule has 120 valence electrons. The summed E-state index contributed by atoms with van der Waals surface area (Å²) in [5.41, 5.74) is 0.960. The summed E-state index contributed by atoms with van der Waals surface area (Å²) in [5, 5.41) is 9.22. The van der Waals surface area contributed by atoms with Crippen molar-refractivity contribution in [2.45, 2.75) is 78.6 Å². The minimum absolute atomic E-state index is 0.0681. The summed E-state index contributed by atoms with van der Waals surface area (Å²) in [6.45, 7) is 7.53. The van der Waals surface area contributed by atoms with Crippen LogP contribution in [-0.2, 0) is 4.79 Å². The Labute approximate surface area is 129 Å². The van der Waals surface area contributed by atoms with E-state index in [1.807, 2.05) is 0 Å². The Bertz CT molecular complexity index is 406. The summed E-state index contributed by atoms with van der Waals surface area (Å²) >= 11 is 0. The topological polar surface area (TPSA) is 37.3 Å². The van der Waals surface area contributed by atoms with Crippen LogP contribution in [0, 0.1) is 34.5 Å². The summed E-state index contributed by atoms with van der Waals surface area (Å²) in [6, 6.07) is 0. The van der Waals surface area contributed by atoms with Gasteiger partial charge in [-0.05, 0) is 73.5 Å². The number of carboxylic acid groups (broad SMARTS) is 1. The molecular formula is C19H32O2. The lowest BCUT2D eigenvalue weighted by molar-refractivity contribution is -0.143. The normalized spacial score (nSPS) is 46.0. The average Bonchev–Trinajstić information content (AvgIpc) is 2.68. The van der Waals surface area contributed by atoms with Crippen LogP contribution in [0.5, 0.6) is 0 Å². The van der Waals surface area contributed by atoms with Crippen LogP contribution in [0.3, 0.4) is 0 Å². The van der Waals surface area contributed by atoms with E-state index >= 15 is 0 Å². The maximum Gasteiger partial charge on any atom is 0.306 e. The highest BCUT2D eigenvalue weighted by Gasteiger charge is 2.57. The molecule has 2 nitrogen and oxygen atoms in total. The highest BCUT2D eigenvalue weighted by Crippen LogP contribution is 2.65. The molecule has 3 aliphatic carbocycles. The molecule has 0 heterocycles. The second-order valence-electron chi connectivity index (χ2n) is 9.06. The standard InChI is InChI=1S/C19H32O2/c1-18(2)12-19(3,16-7-5-4-6-15(16)18)14-10-8-13(9-11-14)17(20)21/h13-16H,4-12H2,1-3H3,(H,20,21). The summed E-state index contributed by atoms with van der Waals surface area (Å²) < 4.78 is 0. The van der Waals surface area contributed by atoms with Gasteiger partial charge in [0.25, 0.3) is 0 Å². The number of fused-ring (bicyclic) bond motifs is 1. The molecule has 0 radical (unpaired) electrons. The van der Waals surface area contributed by atoms with Crippen molar-refractivity contribution < 1.29 is 9.90 Å². The number of aliphatic carboxylic acids is 1.